The van der Waals surface area contributed by atoms with Gasteiger partial charge in [0.15, 0.2) is 11.5 Å². The molecule has 1 amide bonds. The molecule has 2 aromatic carbocycles. The number of fused-ring (bicyclic) bond motifs is 1. The molecule has 0 unspecified atom stereocenters. The fourth-order valence-corrected chi connectivity index (χ4v) is 2.38. The van der Waals surface area contributed by atoms with E-state index >= 15 is 0 Å². The summed E-state index contributed by atoms with van der Waals surface area (Å²) in [4.78, 5) is 14.3. The summed E-state index contributed by atoms with van der Waals surface area (Å²) in [5.41, 5.74) is 1.64. The Kier molecular flexibility index (Phi) is 3.77. The van der Waals surface area contributed by atoms with Gasteiger partial charge in [0, 0.05) is 13.6 Å². The summed E-state index contributed by atoms with van der Waals surface area (Å²) in [6.45, 7) is 1.55. The minimum absolute atomic E-state index is 0.0683. The lowest BCUT2D eigenvalue weighted by Crippen LogP contribution is -2.28. The Bertz CT molecular complexity index is 640. The van der Waals surface area contributed by atoms with Crippen LogP contribution in [0.4, 0.5) is 0 Å². The van der Waals surface area contributed by atoms with Crippen LogP contribution >= 0.6 is 0 Å². The van der Waals surface area contributed by atoms with Gasteiger partial charge in [-0.25, -0.2) is 0 Å². The van der Waals surface area contributed by atoms with Crippen molar-refractivity contribution in [3.05, 3.63) is 59.7 Å². The summed E-state index contributed by atoms with van der Waals surface area (Å²) in [7, 11) is 1.79. The molecule has 2 aromatic rings. The van der Waals surface area contributed by atoms with Crippen molar-refractivity contribution in [3.63, 3.8) is 0 Å². The number of ether oxygens (including phenoxy) is 2. The van der Waals surface area contributed by atoms with E-state index in [2.05, 4.69) is 0 Å². The average molecular weight is 283 g/mol. The number of carbonyl (C=O) groups is 1. The molecule has 4 nitrogen and oxygen atoms in total. The molecule has 0 spiro atoms. The van der Waals surface area contributed by atoms with Crippen LogP contribution in [0.3, 0.4) is 0 Å². The second-order valence-corrected chi connectivity index (χ2v) is 4.98. The molecule has 21 heavy (non-hydrogen) atoms. The van der Waals surface area contributed by atoms with Gasteiger partial charge in [0.1, 0.15) is 13.2 Å². The minimum atomic E-state index is -0.0683. The molecule has 0 radical (unpaired) electrons. The van der Waals surface area contributed by atoms with Gasteiger partial charge in [-0.05, 0) is 17.7 Å². The lowest BCUT2D eigenvalue weighted by atomic mass is 10.1. The van der Waals surface area contributed by atoms with E-state index in [1.54, 1.807) is 18.0 Å². The highest BCUT2D eigenvalue weighted by atomic mass is 16.6. The smallest absolute Gasteiger partial charge is 0.257 e. The van der Waals surface area contributed by atoms with Crippen molar-refractivity contribution in [2.24, 2.45) is 0 Å². The molecule has 108 valence electrons. The number of carbonyl (C=O) groups excluding carboxylic acids is 1. The maximum absolute atomic E-state index is 12.6. The Morgan fingerprint density at radius 3 is 2.62 bits per heavy atom. The first-order valence-corrected chi connectivity index (χ1v) is 6.94. The van der Waals surface area contributed by atoms with E-state index in [0.29, 0.717) is 36.8 Å². The van der Waals surface area contributed by atoms with Gasteiger partial charge in [0.2, 0.25) is 0 Å². The van der Waals surface area contributed by atoms with Crippen LogP contribution in [-0.4, -0.2) is 31.1 Å². The molecule has 1 aliphatic rings. The molecule has 0 fully saturated rings. The molecule has 0 saturated carbocycles. The van der Waals surface area contributed by atoms with Crippen molar-refractivity contribution in [2.75, 3.05) is 20.3 Å². The van der Waals surface area contributed by atoms with E-state index in [0.717, 1.165) is 5.56 Å². The molecule has 1 heterocycles. The molecular weight excluding hydrogens is 266 g/mol. The van der Waals surface area contributed by atoms with Gasteiger partial charge in [0.05, 0.1) is 5.56 Å². The topological polar surface area (TPSA) is 38.8 Å². The average Bonchev–Trinajstić information content (AvgIpc) is 2.54. The molecule has 3 rings (SSSR count). The van der Waals surface area contributed by atoms with Crippen molar-refractivity contribution in [3.8, 4) is 11.5 Å². The van der Waals surface area contributed by atoms with Crippen molar-refractivity contribution in [1.82, 2.24) is 4.90 Å². The van der Waals surface area contributed by atoms with E-state index in [4.69, 9.17) is 9.47 Å². The van der Waals surface area contributed by atoms with Gasteiger partial charge >= 0.3 is 0 Å². The standard InChI is InChI=1S/C17H17NO3/c1-18(12-13-6-3-2-4-7-13)17(19)14-8-5-9-15-16(14)21-11-10-20-15/h2-9H,10-12H2,1H3. The predicted octanol–water partition coefficient (Wildman–Crippen LogP) is 2.73. The van der Waals surface area contributed by atoms with Crippen molar-refractivity contribution >= 4 is 5.91 Å². The fourth-order valence-electron chi connectivity index (χ4n) is 2.38. The predicted molar refractivity (Wildman–Crippen MR) is 79.7 cm³/mol. The number of hydrogen-bond donors (Lipinski definition) is 0. The van der Waals surface area contributed by atoms with E-state index in [-0.39, 0.29) is 5.91 Å². The summed E-state index contributed by atoms with van der Waals surface area (Å²) in [6.07, 6.45) is 0. The van der Waals surface area contributed by atoms with Gasteiger partial charge in [-0.3, -0.25) is 4.79 Å². The largest absolute Gasteiger partial charge is 0.486 e. The first-order valence-electron chi connectivity index (χ1n) is 6.94. The molecule has 4 heteroatoms. The second-order valence-electron chi connectivity index (χ2n) is 4.98. The summed E-state index contributed by atoms with van der Waals surface area (Å²) < 4.78 is 11.1. The van der Waals surface area contributed by atoms with Gasteiger partial charge in [-0.1, -0.05) is 36.4 Å². The third kappa shape index (κ3) is 2.84. The SMILES string of the molecule is CN(Cc1ccccc1)C(=O)c1cccc2c1OCCO2. The third-order valence-electron chi connectivity index (χ3n) is 3.41. The molecule has 1 aliphatic heterocycles. The maximum atomic E-state index is 12.6. The Balaban J connectivity index is 1.82. The highest BCUT2D eigenvalue weighted by molar-refractivity contribution is 5.97. The molecule has 0 aliphatic carbocycles. The zero-order chi connectivity index (χ0) is 14.7. The van der Waals surface area contributed by atoms with Crippen LogP contribution in [0, 0.1) is 0 Å². The highest BCUT2D eigenvalue weighted by Gasteiger charge is 2.22. The molecule has 0 aromatic heterocycles. The lowest BCUT2D eigenvalue weighted by Gasteiger charge is -2.23. The monoisotopic (exact) mass is 283 g/mol. The van der Waals surface area contributed by atoms with Crippen LogP contribution < -0.4 is 9.47 Å². The van der Waals surface area contributed by atoms with Crippen molar-refractivity contribution < 1.29 is 14.3 Å². The van der Waals surface area contributed by atoms with Crippen LogP contribution in [0.2, 0.25) is 0 Å². The van der Waals surface area contributed by atoms with Crippen LogP contribution in [-0.2, 0) is 6.54 Å². The summed E-state index contributed by atoms with van der Waals surface area (Å²) in [6, 6.07) is 15.3. The Morgan fingerprint density at radius 2 is 1.81 bits per heavy atom. The van der Waals surface area contributed by atoms with Crippen LogP contribution in [0.1, 0.15) is 15.9 Å². The zero-order valence-electron chi connectivity index (χ0n) is 11.9. The Hall–Kier alpha value is -2.49. The number of para-hydroxylation sites is 1. The van der Waals surface area contributed by atoms with Gasteiger partial charge < -0.3 is 14.4 Å². The molecule has 0 atom stereocenters. The Morgan fingerprint density at radius 1 is 1.05 bits per heavy atom. The van der Waals surface area contributed by atoms with Crippen molar-refractivity contribution in [1.29, 1.82) is 0 Å². The van der Waals surface area contributed by atoms with E-state index in [1.807, 2.05) is 42.5 Å². The zero-order valence-corrected chi connectivity index (χ0v) is 11.9. The number of amides is 1. The molecule has 0 saturated heterocycles. The normalized spacial score (nSPS) is 12.8. The maximum Gasteiger partial charge on any atom is 0.257 e. The van der Waals surface area contributed by atoms with Crippen LogP contribution in [0.5, 0.6) is 11.5 Å². The number of nitrogens with zero attached hydrogens (tertiary/aromatic N) is 1. The quantitative estimate of drug-likeness (QED) is 0.869. The van der Waals surface area contributed by atoms with Gasteiger partial charge in [-0.15, -0.1) is 0 Å². The van der Waals surface area contributed by atoms with Gasteiger partial charge in [-0.2, -0.15) is 0 Å². The van der Waals surface area contributed by atoms with E-state index < -0.39 is 0 Å². The highest BCUT2D eigenvalue weighted by Crippen LogP contribution is 2.34. The lowest BCUT2D eigenvalue weighted by molar-refractivity contribution is 0.0774. The van der Waals surface area contributed by atoms with Crippen LogP contribution in [0.15, 0.2) is 48.5 Å². The van der Waals surface area contributed by atoms with Crippen molar-refractivity contribution in [2.45, 2.75) is 6.54 Å². The first-order chi connectivity index (χ1) is 10.3. The van der Waals surface area contributed by atoms with Crippen LogP contribution in [0.25, 0.3) is 0 Å². The fraction of sp³-hybridized carbons (Fsp3) is 0.235. The number of benzene rings is 2. The number of rotatable bonds is 3. The summed E-state index contributed by atoms with van der Waals surface area (Å²) in [5.74, 6) is 1.12. The first kappa shape index (κ1) is 13.5. The summed E-state index contributed by atoms with van der Waals surface area (Å²) >= 11 is 0. The second kappa shape index (κ2) is 5.87. The third-order valence-corrected chi connectivity index (χ3v) is 3.41. The van der Waals surface area contributed by atoms with E-state index in [1.165, 1.54) is 0 Å². The number of hydrogen-bond acceptors (Lipinski definition) is 3. The Labute approximate surface area is 123 Å². The molecular formula is C17H17NO3. The summed E-state index contributed by atoms with van der Waals surface area (Å²) in [5, 5.41) is 0. The van der Waals surface area contributed by atoms with Gasteiger partial charge in [0.25, 0.3) is 5.91 Å². The molecule has 0 bridgehead atoms. The minimum Gasteiger partial charge on any atom is -0.486 e. The molecule has 0 N–H and O–H groups in total. The van der Waals surface area contributed by atoms with E-state index in [9.17, 15) is 4.79 Å².